The monoisotopic (exact) mass is 326 g/mol. The van der Waals surface area contributed by atoms with E-state index in [0.717, 1.165) is 0 Å². The molecule has 0 atom stereocenters. The standard InChI is InChI=1S/C13H14N2O4S2/c1-8-3-4-9(7-11(8)21(14,17)18)15-13(16)12-10(19-2)5-6-20-12/h3-7H,1-2H3,(H,15,16)(H2,14,17,18). The Bertz CT molecular complexity index is 781. The van der Waals surface area contributed by atoms with Crippen LogP contribution in [0.3, 0.4) is 0 Å². The van der Waals surface area contributed by atoms with Crippen molar-refractivity contribution in [3.63, 3.8) is 0 Å². The quantitative estimate of drug-likeness (QED) is 0.897. The lowest BCUT2D eigenvalue weighted by Crippen LogP contribution is -2.15. The van der Waals surface area contributed by atoms with Gasteiger partial charge in [-0.25, -0.2) is 13.6 Å². The highest BCUT2D eigenvalue weighted by Gasteiger charge is 2.16. The van der Waals surface area contributed by atoms with E-state index in [1.807, 2.05) is 0 Å². The van der Waals surface area contributed by atoms with Gasteiger partial charge in [-0.3, -0.25) is 4.79 Å². The average Bonchev–Trinajstić information content (AvgIpc) is 2.88. The Hall–Kier alpha value is -1.90. The number of primary sulfonamides is 1. The molecule has 21 heavy (non-hydrogen) atoms. The minimum Gasteiger partial charge on any atom is -0.495 e. The number of anilines is 1. The predicted molar refractivity (Wildman–Crippen MR) is 81.4 cm³/mol. The number of carbonyl (C=O) groups excluding carboxylic acids is 1. The van der Waals surface area contributed by atoms with Gasteiger partial charge in [-0.15, -0.1) is 11.3 Å². The largest absolute Gasteiger partial charge is 0.495 e. The number of nitrogens with two attached hydrogens (primary N) is 1. The van der Waals surface area contributed by atoms with Gasteiger partial charge in [-0.1, -0.05) is 6.07 Å². The van der Waals surface area contributed by atoms with Crippen LogP contribution in [0.4, 0.5) is 5.69 Å². The summed E-state index contributed by atoms with van der Waals surface area (Å²) in [5.74, 6) is 0.0994. The summed E-state index contributed by atoms with van der Waals surface area (Å²) in [6, 6.07) is 6.22. The molecule has 0 radical (unpaired) electrons. The van der Waals surface area contributed by atoms with E-state index in [9.17, 15) is 13.2 Å². The number of nitrogens with one attached hydrogen (secondary N) is 1. The van der Waals surface area contributed by atoms with Gasteiger partial charge in [0.15, 0.2) is 0 Å². The van der Waals surface area contributed by atoms with Crippen LogP contribution in [0.1, 0.15) is 15.2 Å². The number of carbonyl (C=O) groups is 1. The van der Waals surface area contributed by atoms with Crippen molar-refractivity contribution in [2.24, 2.45) is 5.14 Å². The van der Waals surface area contributed by atoms with E-state index < -0.39 is 10.0 Å². The Balaban J connectivity index is 2.31. The Labute approximate surface area is 126 Å². The molecule has 3 N–H and O–H groups in total. The predicted octanol–water partition coefficient (Wildman–Crippen LogP) is 1.96. The number of hydrogen-bond donors (Lipinski definition) is 2. The van der Waals surface area contributed by atoms with Gasteiger partial charge < -0.3 is 10.1 Å². The maximum Gasteiger partial charge on any atom is 0.269 e. The van der Waals surface area contributed by atoms with Crippen LogP contribution in [0.5, 0.6) is 5.75 Å². The summed E-state index contributed by atoms with van der Waals surface area (Å²) in [6.45, 7) is 1.63. The molecule has 0 unspecified atom stereocenters. The first kappa shape index (κ1) is 15.5. The number of hydrogen-bond acceptors (Lipinski definition) is 5. The number of methoxy groups -OCH3 is 1. The van der Waals surface area contributed by atoms with Gasteiger partial charge in [-0.05, 0) is 36.1 Å². The number of rotatable bonds is 4. The molecule has 1 aromatic carbocycles. The van der Waals surface area contributed by atoms with Crippen LogP contribution in [-0.2, 0) is 10.0 Å². The summed E-state index contributed by atoms with van der Waals surface area (Å²) in [7, 11) is -2.36. The van der Waals surface area contributed by atoms with E-state index in [1.54, 1.807) is 30.5 Å². The molecule has 6 nitrogen and oxygen atoms in total. The molecule has 0 fully saturated rings. The Morgan fingerprint density at radius 1 is 1.33 bits per heavy atom. The number of thiophene rings is 1. The first-order valence-electron chi connectivity index (χ1n) is 5.89. The van der Waals surface area contributed by atoms with E-state index in [0.29, 0.717) is 21.9 Å². The minimum absolute atomic E-state index is 0.0153. The van der Waals surface area contributed by atoms with Crippen LogP contribution in [0.2, 0.25) is 0 Å². The zero-order chi connectivity index (χ0) is 15.6. The third kappa shape index (κ3) is 3.41. The molecule has 112 valence electrons. The SMILES string of the molecule is COc1ccsc1C(=O)Nc1ccc(C)c(S(N)(=O)=O)c1. The van der Waals surface area contributed by atoms with Crippen molar-refractivity contribution in [1.29, 1.82) is 0 Å². The first-order valence-corrected chi connectivity index (χ1v) is 8.32. The number of benzene rings is 1. The fourth-order valence-electron chi connectivity index (χ4n) is 1.80. The molecule has 0 aliphatic heterocycles. The molecule has 1 aromatic heterocycles. The normalized spacial score (nSPS) is 11.2. The maximum absolute atomic E-state index is 12.1. The maximum atomic E-state index is 12.1. The first-order chi connectivity index (χ1) is 9.82. The number of aryl methyl sites for hydroxylation is 1. The van der Waals surface area contributed by atoms with Crippen molar-refractivity contribution < 1.29 is 17.9 Å². The number of amides is 1. The van der Waals surface area contributed by atoms with Crippen molar-refractivity contribution >= 4 is 33.0 Å². The van der Waals surface area contributed by atoms with Crippen LogP contribution in [0, 0.1) is 6.92 Å². The minimum atomic E-state index is -3.83. The lowest BCUT2D eigenvalue weighted by atomic mass is 10.2. The second kappa shape index (κ2) is 5.84. The van der Waals surface area contributed by atoms with Crippen molar-refractivity contribution in [2.75, 3.05) is 12.4 Å². The summed E-state index contributed by atoms with van der Waals surface area (Å²) in [5.41, 5.74) is 0.870. The van der Waals surface area contributed by atoms with Gasteiger partial charge in [0.25, 0.3) is 5.91 Å². The number of sulfonamides is 1. The summed E-state index contributed by atoms with van der Waals surface area (Å²) in [4.78, 5) is 12.5. The molecular formula is C13H14N2O4S2. The smallest absolute Gasteiger partial charge is 0.269 e. The molecule has 1 amide bonds. The summed E-state index contributed by atoms with van der Waals surface area (Å²) >= 11 is 1.23. The zero-order valence-electron chi connectivity index (χ0n) is 11.4. The van der Waals surface area contributed by atoms with Crippen LogP contribution in [-0.4, -0.2) is 21.4 Å². The highest BCUT2D eigenvalue weighted by Crippen LogP contribution is 2.26. The summed E-state index contributed by atoms with van der Waals surface area (Å²) in [5, 5.41) is 9.50. The molecule has 0 saturated carbocycles. The van der Waals surface area contributed by atoms with Crippen LogP contribution < -0.4 is 15.2 Å². The van der Waals surface area contributed by atoms with E-state index in [4.69, 9.17) is 9.88 Å². The van der Waals surface area contributed by atoms with Gasteiger partial charge >= 0.3 is 0 Å². The highest BCUT2D eigenvalue weighted by molar-refractivity contribution is 7.89. The molecule has 1 heterocycles. The van der Waals surface area contributed by atoms with Crippen LogP contribution >= 0.6 is 11.3 Å². The van der Waals surface area contributed by atoms with Crippen molar-refractivity contribution in [2.45, 2.75) is 11.8 Å². The topological polar surface area (TPSA) is 98.5 Å². The second-order valence-electron chi connectivity index (χ2n) is 4.30. The molecule has 0 aliphatic carbocycles. The Kier molecular flexibility index (Phi) is 4.31. The van der Waals surface area contributed by atoms with Gasteiger partial charge in [-0.2, -0.15) is 0 Å². The third-order valence-corrected chi connectivity index (χ3v) is 4.76. The van der Waals surface area contributed by atoms with Crippen molar-refractivity contribution in [3.05, 3.63) is 40.1 Å². The van der Waals surface area contributed by atoms with Gasteiger partial charge in [0, 0.05) is 5.69 Å². The van der Waals surface area contributed by atoms with Crippen LogP contribution in [0.15, 0.2) is 34.5 Å². The van der Waals surface area contributed by atoms with E-state index in [-0.39, 0.29) is 10.8 Å². The fraction of sp³-hybridized carbons (Fsp3) is 0.154. The lowest BCUT2D eigenvalue weighted by molar-refractivity contribution is 0.102. The highest BCUT2D eigenvalue weighted by atomic mass is 32.2. The second-order valence-corrected chi connectivity index (χ2v) is 6.74. The summed E-state index contributed by atoms with van der Waals surface area (Å²) < 4.78 is 28.0. The molecule has 0 aliphatic rings. The molecule has 0 saturated heterocycles. The molecule has 2 rings (SSSR count). The molecule has 8 heteroatoms. The fourth-order valence-corrected chi connectivity index (χ4v) is 3.36. The summed E-state index contributed by atoms with van der Waals surface area (Å²) in [6.07, 6.45) is 0. The average molecular weight is 326 g/mol. The van der Waals surface area contributed by atoms with Crippen LogP contribution in [0.25, 0.3) is 0 Å². The number of ether oxygens (including phenoxy) is 1. The van der Waals surface area contributed by atoms with E-state index >= 15 is 0 Å². The molecule has 2 aromatic rings. The third-order valence-electron chi connectivity index (χ3n) is 2.81. The van der Waals surface area contributed by atoms with Gasteiger partial charge in [0.2, 0.25) is 10.0 Å². The van der Waals surface area contributed by atoms with E-state index in [2.05, 4.69) is 5.32 Å². The Morgan fingerprint density at radius 3 is 2.67 bits per heavy atom. The lowest BCUT2D eigenvalue weighted by Gasteiger charge is -2.09. The van der Waals surface area contributed by atoms with Gasteiger partial charge in [0.05, 0.1) is 12.0 Å². The van der Waals surface area contributed by atoms with Crippen molar-refractivity contribution in [1.82, 2.24) is 0 Å². The van der Waals surface area contributed by atoms with E-state index in [1.165, 1.54) is 24.5 Å². The molecule has 0 spiro atoms. The van der Waals surface area contributed by atoms with Gasteiger partial charge in [0.1, 0.15) is 10.6 Å². The molecular weight excluding hydrogens is 312 g/mol. The van der Waals surface area contributed by atoms with Crippen molar-refractivity contribution in [3.8, 4) is 5.75 Å². The zero-order valence-corrected chi connectivity index (χ0v) is 13.0. The Morgan fingerprint density at radius 2 is 2.05 bits per heavy atom. The molecule has 0 bridgehead atoms.